The van der Waals surface area contributed by atoms with Gasteiger partial charge < -0.3 is 9.47 Å². The number of fused-ring (bicyclic) bond motifs is 4. The van der Waals surface area contributed by atoms with E-state index >= 15 is 0 Å². The smallest absolute Gasteiger partial charge is 0.252 e. The fraction of sp³-hybridized carbons (Fsp3) is 0.130. The fourth-order valence-corrected chi connectivity index (χ4v) is 3.77. The Morgan fingerprint density at radius 1 is 0.967 bits per heavy atom. The molecule has 0 saturated carbocycles. The van der Waals surface area contributed by atoms with Crippen LogP contribution in [0.5, 0.6) is 11.6 Å². The molecule has 0 spiro atoms. The van der Waals surface area contributed by atoms with Gasteiger partial charge in [0.05, 0.1) is 17.9 Å². The van der Waals surface area contributed by atoms with Crippen LogP contribution in [0.2, 0.25) is 0 Å². The first-order valence-corrected chi connectivity index (χ1v) is 10.8. The molecule has 30 heavy (non-hydrogen) atoms. The third-order valence-corrected chi connectivity index (χ3v) is 5.33. The Kier molecular flexibility index (Phi) is 4.80. The summed E-state index contributed by atoms with van der Waals surface area (Å²) in [5, 5.41) is 11.2. The molecule has 0 atom stereocenters. The van der Waals surface area contributed by atoms with Gasteiger partial charge in [0.2, 0.25) is 11.1 Å². The normalized spacial score (nSPS) is 12.4. The van der Waals surface area contributed by atoms with Crippen molar-refractivity contribution in [1.82, 2.24) is 15.2 Å². The Balaban J connectivity index is 1.80. The van der Waals surface area contributed by atoms with E-state index in [4.69, 9.17) is 14.5 Å². The fourth-order valence-electron chi connectivity index (χ4n) is 3.47. The van der Waals surface area contributed by atoms with Gasteiger partial charge >= 0.3 is 0 Å². The van der Waals surface area contributed by atoms with Gasteiger partial charge in [0.1, 0.15) is 5.75 Å². The SMILES string of the molecule is CCOc1ccc2ccccc2c1C1=Nc2ccccc2-c2nnc(SC)nc2O1. The molecule has 1 aromatic heterocycles. The summed E-state index contributed by atoms with van der Waals surface area (Å²) >= 11 is 1.41. The van der Waals surface area contributed by atoms with Crippen molar-refractivity contribution in [3.63, 3.8) is 0 Å². The highest BCUT2D eigenvalue weighted by atomic mass is 32.2. The molecule has 1 aliphatic heterocycles. The Labute approximate surface area is 178 Å². The van der Waals surface area contributed by atoms with Gasteiger partial charge in [-0.05, 0) is 36.1 Å². The summed E-state index contributed by atoms with van der Waals surface area (Å²) in [6.07, 6.45) is 1.90. The van der Waals surface area contributed by atoms with Crippen LogP contribution in [-0.2, 0) is 0 Å². The molecule has 1 aliphatic rings. The zero-order valence-corrected chi connectivity index (χ0v) is 17.3. The lowest BCUT2D eigenvalue weighted by atomic mass is 10.0. The van der Waals surface area contributed by atoms with E-state index in [1.807, 2.05) is 67.8 Å². The van der Waals surface area contributed by atoms with Crippen molar-refractivity contribution in [3.8, 4) is 22.9 Å². The first kappa shape index (κ1) is 18.6. The number of hydrogen-bond acceptors (Lipinski definition) is 7. The molecule has 148 valence electrons. The first-order valence-electron chi connectivity index (χ1n) is 9.58. The number of ether oxygens (including phenoxy) is 2. The number of aromatic nitrogens is 3. The lowest BCUT2D eigenvalue weighted by Gasteiger charge is -2.15. The van der Waals surface area contributed by atoms with E-state index in [0.29, 0.717) is 35.0 Å². The van der Waals surface area contributed by atoms with Crippen LogP contribution in [0.15, 0.2) is 70.8 Å². The highest BCUT2D eigenvalue weighted by molar-refractivity contribution is 7.98. The van der Waals surface area contributed by atoms with Crippen LogP contribution in [0.1, 0.15) is 12.5 Å². The highest BCUT2D eigenvalue weighted by Crippen LogP contribution is 2.39. The van der Waals surface area contributed by atoms with Crippen molar-refractivity contribution in [2.45, 2.75) is 12.1 Å². The van der Waals surface area contributed by atoms with Crippen molar-refractivity contribution in [3.05, 3.63) is 66.2 Å². The molecule has 0 N–H and O–H groups in total. The van der Waals surface area contributed by atoms with Crippen LogP contribution < -0.4 is 9.47 Å². The average Bonchev–Trinajstić information content (AvgIpc) is 2.95. The van der Waals surface area contributed by atoms with Crippen molar-refractivity contribution in [2.24, 2.45) is 4.99 Å². The molecule has 0 unspecified atom stereocenters. The van der Waals surface area contributed by atoms with E-state index in [1.165, 1.54) is 11.8 Å². The number of rotatable bonds is 4. The quantitative estimate of drug-likeness (QED) is 0.423. The molecular formula is C23H18N4O2S. The lowest BCUT2D eigenvalue weighted by Crippen LogP contribution is -2.14. The van der Waals surface area contributed by atoms with Crippen LogP contribution in [0.25, 0.3) is 22.0 Å². The van der Waals surface area contributed by atoms with Crippen molar-refractivity contribution in [1.29, 1.82) is 0 Å². The van der Waals surface area contributed by atoms with Gasteiger partial charge in [-0.1, -0.05) is 60.3 Å². The molecule has 0 amide bonds. The number of thioether (sulfide) groups is 1. The summed E-state index contributed by atoms with van der Waals surface area (Å²) in [5.41, 5.74) is 2.94. The molecular weight excluding hydrogens is 396 g/mol. The molecule has 0 fully saturated rings. The number of nitrogens with zero attached hydrogens (tertiary/aromatic N) is 4. The largest absolute Gasteiger partial charge is 0.493 e. The molecule has 0 radical (unpaired) electrons. The number of aliphatic imine (C=N–C) groups is 1. The molecule has 4 aromatic rings. The monoisotopic (exact) mass is 414 g/mol. The Hall–Kier alpha value is -3.45. The predicted molar refractivity (Wildman–Crippen MR) is 119 cm³/mol. The highest BCUT2D eigenvalue weighted by Gasteiger charge is 2.25. The van der Waals surface area contributed by atoms with E-state index in [-0.39, 0.29) is 0 Å². The van der Waals surface area contributed by atoms with Crippen molar-refractivity contribution in [2.75, 3.05) is 12.9 Å². The van der Waals surface area contributed by atoms with Gasteiger partial charge in [-0.2, -0.15) is 4.98 Å². The summed E-state index contributed by atoms with van der Waals surface area (Å²) in [7, 11) is 0. The van der Waals surface area contributed by atoms with Crippen LogP contribution in [0, 0.1) is 0 Å². The molecule has 6 nitrogen and oxygen atoms in total. The second kappa shape index (κ2) is 7.76. The topological polar surface area (TPSA) is 69.5 Å². The van der Waals surface area contributed by atoms with E-state index in [0.717, 1.165) is 27.6 Å². The number of para-hydroxylation sites is 1. The van der Waals surface area contributed by atoms with Gasteiger partial charge in [0.15, 0.2) is 5.69 Å². The summed E-state index contributed by atoms with van der Waals surface area (Å²) in [6, 6.07) is 19.9. The van der Waals surface area contributed by atoms with Crippen molar-refractivity contribution < 1.29 is 9.47 Å². The summed E-state index contributed by atoms with van der Waals surface area (Å²) in [6.45, 7) is 2.49. The minimum absolute atomic E-state index is 0.383. The maximum Gasteiger partial charge on any atom is 0.252 e. The second-order valence-corrected chi connectivity index (χ2v) is 7.35. The van der Waals surface area contributed by atoms with E-state index < -0.39 is 0 Å². The van der Waals surface area contributed by atoms with Gasteiger partial charge in [0, 0.05) is 5.56 Å². The van der Waals surface area contributed by atoms with E-state index in [1.54, 1.807) is 0 Å². The molecule has 3 aromatic carbocycles. The van der Waals surface area contributed by atoms with Gasteiger partial charge in [-0.15, -0.1) is 10.2 Å². The zero-order valence-electron chi connectivity index (χ0n) is 16.5. The maximum absolute atomic E-state index is 6.31. The van der Waals surface area contributed by atoms with Crippen LogP contribution >= 0.6 is 11.8 Å². The molecule has 0 aliphatic carbocycles. The zero-order chi connectivity index (χ0) is 20.5. The molecule has 0 bridgehead atoms. The lowest BCUT2D eigenvalue weighted by molar-refractivity contribution is 0.339. The van der Waals surface area contributed by atoms with Gasteiger partial charge in [-0.3, -0.25) is 0 Å². The van der Waals surface area contributed by atoms with Gasteiger partial charge in [0.25, 0.3) is 5.88 Å². The summed E-state index contributed by atoms with van der Waals surface area (Å²) in [5.74, 6) is 1.52. The Bertz CT molecular complexity index is 1290. The molecule has 7 heteroatoms. The van der Waals surface area contributed by atoms with Crippen molar-refractivity contribution >= 4 is 34.1 Å². The number of benzene rings is 3. The standard InChI is InChI=1S/C23H18N4O2S/c1-3-28-18-13-12-14-8-4-5-9-15(14)19(18)21-24-17-11-7-6-10-16(17)20-22(29-21)25-23(30-2)27-26-20/h4-13H,3H2,1-2H3. The first-order chi connectivity index (χ1) is 14.8. The third-order valence-electron chi connectivity index (χ3n) is 4.80. The third kappa shape index (κ3) is 3.17. The minimum Gasteiger partial charge on any atom is -0.493 e. The van der Waals surface area contributed by atoms with E-state index in [2.05, 4.69) is 21.2 Å². The van der Waals surface area contributed by atoms with Crippen LogP contribution in [0.3, 0.4) is 0 Å². The van der Waals surface area contributed by atoms with E-state index in [9.17, 15) is 0 Å². The number of hydrogen-bond donors (Lipinski definition) is 0. The summed E-state index contributed by atoms with van der Waals surface area (Å²) in [4.78, 5) is 9.44. The maximum atomic E-state index is 6.31. The Morgan fingerprint density at radius 3 is 2.67 bits per heavy atom. The van der Waals surface area contributed by atoms with Crippen LogP contribution in [0.4, 0.5) is 5.69 Å². The minimum atomic E-state index is 0.383. The second-order valence-electron chi connectivity index (χ2n) is 6.58. The average molecular weight is 414 g/mol. The predicted octanol–water partition coefficient (Wildman–Crippen LogP) is 5.28. The van der Waals surface area contributed by atoms with Gasteiger partial charge in [-0.25, -0.2) is 4.99 Å². The van der Waals surface area contributed by atoms with Crippen LogP contribution in [-0.4, -0.2) is 33.9 Å². The molecule has 2 heterocycles. The summed E-state index contributed by atoms with van der Waals surface area (Å²) < 4.78 is 12.3. The Morgan fingerprint density at radius 2 is 1.80 bits per heavy atom. The molecule has 0 saturated heterocycles. The molecule has 5 rings (SSSR count).